The Morgan fingerprint density at radius 1 is 1.14 bits per heavy atom. The van der Waals surface area contributed by atoms with Gasteiger partial charge in [-0.25, -0.2) is 0 Å². The van der Waals surface area contributed by atoms with E-state index in [1.165, 1.54) is 22.4 Å². The highest BCUT2D eigenvalue weighted by Crippen LogP contribution is 2.24. The summed E-state index contributed by atoms with van der Waals surface area (Å²) in [5.41, 5.74) is 8.03. The fourth-order valence-corrected chi connectivity index (χ4v) is 4.98. The van der Waals surface area contributed by atoms with Crippen molar-refractivity contribution >= 4 is 17.4 Å². The maximum Gasteiger partial charge on any atom is 0.307 e. The van der Waals surface area contributed by atoms with E-state index in [2.05, 4.69) is 65.2 Å². The number of carboxylic acids is 1. The topological polar surface area (TPSA) is 74.6 Å². The normalized spacial score (nSPS) is 19.2. The van der Waals surface area contributed by atoms with Crippen LogP contribution in [0.4, 0.5) is 5.69 Å². The van der Waals surface area contributed by atoms with Crippen LogP contribution in [0.1, 0.15) is 48.1 Å². The quantitative estimate of drug-likeness (QED) is 0.428. The Morgan fingerprint density at radius 3 is 2.63 bits per heavy atom. The lowest BCUT2D eigenvalue weighted by molar-refractivity contribution is -0.141. The van der Waals surface area contributed by atoms with Gasteiger partial charge in [0, 0.05) is 31.9 Å². The van der Waals surface area contributed by atoms with Crippen molar-refractivity contribution in [2.45, 2.75) is 46.8 Å². The molecule has 2 heterocycles. The van der Waals surface area contributed by atoms with Crippen LogP contribution in [-0.4, -0.2) is 61.1 Å². The summed E-state index contributed by atoms with van der Waals surface area (Å²) in [6.07, 6.45) is 1.65. The smallest absolute Gasteiger partial charge is 0.307 e. The molecular formula is C28H37N3O4. The number of morpholine rings is 1. The molecule has 0 spiro atoms. The molecule has 0 aliphatic carbocycles. The van der Waals surface area contributed by atoms with Crippen LogP contribution in [0.2, 0.25) is 0 Å². The molecular weight excluding hydrogens is 442 g/mol. The molecule has 2 saturated heterocycles. The summed E-state index contributed by atoms with van der Waals surface area (Å²) in [6.45, 7) is 12.4. The second-order valence-corrected chi connectivity index (χ2v) is 9.57. The van der Waals surface area contributed by atoms with E-state index in [1.54, 1.807) is 0 Å². The van der Waals surface area contributed by atoms with Crippen molar-refractivity contribution in [3.8, 4) is 0 Å². The molecule has 35 heavy (non-hydrogen) atoms. The molecule has 4 rings (SSSR count). The van der Waals surface area contributed by atoms with Gasteiger partial charge in [0.1, 0.15) is 6.61 Å². The Kier molecular flexibility index (Phi) is 8.42. The minimum absolute atomic E-state index is 0.245. The lowest BCUT2D eigenvalue weighted by Gasteiger charge is -2.30. The summed E-state index contributed by atoms with van der Waals surface area (Å²) < 4.78 is 5.46. The number of carboxylic acid groups (broad SMARTS) is 1. The highest BCUT2D eigenvalue weighted by Gasteiger charge is 2.28. The molecule has 0 unspecified atom stereocenters. The summed E-state index contributed by atoms with van der Waals surface area (Å²) in [5.74, 6) is -0.932. The first-order chi connectivity index (χ1) is 16.9. The van der Waals surface area contributed by atoms with Gasteiger partial charge in [-0.1, -0.05) is 36.3 Å². The summed E-state index contributed by atoms with van der Waals surface area (Å²) in [7, 11) is 0. The number of hydrogen-bond donors (Lipinski definition) is 1. The van der Waals surface area contributed by atoms with Crippen LogP contribution in [0.25, 0.3) is 0 Å². The number of carbonyl (C=O) groups is 1. The molecule has 0 radical (unpaired) electrons. The molecule has 2 aromatic rings. The lowest BCUT2D eigenvalue weighted by Crippen LogP contribution is -2.36. The van der Waals surface area contributed by atoms with Gasteiger partial charge in [-0.2, -0.15) is 0 Å². The third kappa shape index (κ3) is 6.41. The number of rotatable bonds is 9. The van der Waals surface area contributed by atoms with E-state index >= 15 is 0 Å². The molecule has 7 nitrogen and oxygen atoms in total. The molecule has 0 aromatic heterocycles. The molecule has 2 aliphatic heterocycles. The first-order valence-electron chi connectivity index (χ1n) is 12.6. The van der Waals surface area contributed by atoms with Crippen molar-refractivity contribution in [1.82, 2.24) is 4.90 Å². The van der Waals surface area contributed by atoms with Gasteiger partial charge < -0.3 is 19.6 Å². The van der Waals surface area contributed by atoms with Crippen molar-refractivity contribution in [3.05, 3.63) is 64.2 Å². The number of nitrogens with zero attached hydrogens (tertiary/aromatic N) is 3. The zero-order valence-corrected chi connectivity index (χ0v) is 21.1. The van der Waals surface area contributed by atoms with Crippen LogP contribution in [0.15, 0.2) is 41.6 Å². The van der Waals surface area contributed by atoms with Gasteiger partial charge in [0.05, 0.1) is 24.8 Å². The van der Waals surface area contributed by atoms with Gasteiger partial charge in [0.2, 0.25) is 0 Å². The standard InChI is InChI=1S/C28H37N3O4/c1-4-23-16-24(6-7-25(23)17-30-10-9-26(18-30)28(32)33)21(3)29-35-19-22-5-8-27(20(2)15-22)31-11-13-34-14-12-31/h5-8,15-16,26H,4,9-14,17-19H2,1-3H3,(H,32,33)/b29-21+/t26-/m0/s1. The number of aliphatic carboxylic acids is 1. The predicted octanol–water partition coefficient (Wildman–Crippen LogP) is 4.24. The third-order valence-corrected chi connectivity index (χ3v) is 7.07. The maximum absolute atomic E-state index is 11.3. The van der Waals surface area contributed by atoms with Crippen LogP contribution in [0.5, 0.6) is 0 Å². The van der Waals surface area contributed by atoms with E-state index < -0.39 is 5.97 Å². The minimum atomic E-state index is -0.686. The Morgan fingerprint density at radius 2 is 1.94 bits per heavy atom. The molecule has 0 saturated carbocycles. The fourth-order valence-electron chi connectivity index (χ4n) is 4.98. The van der Waals surface area contributed by atoms with Crippen molar-refractivity contribution in [1.29, 1.82) is 0 Å². The number of anilines is 1. The molecule has 188 valence electrons. The average molecular weight is 480 g/mol. The van der Waals surface area contributed by atoms with Crippen LogP contribution in [0.3, 0.4) is 0 Å². The SMILES string of the molecule is CCc1cc(/C(C)=N/OCc2ccc(N3CCOCC3)c(C)c2)ccc1CN1CC[C@H](C(=O)O)C1. The van der Waals surface area contributed by atoms with Crippen molar-refractivity contribution < 1.29 is 19.5 Å². The van der Waals surface area contributed by atoms with E-state index in [1.807, 2.05) is 6.92 Å². The predicted molar refractivity (Wildman–Crippen MR) is 138 cm³/mol. The summed E-state index contributed by atoms with van der Waals surface area (Å²) in [4.78, 5) is 21.6. The monoisotopic (exact) mass is 479 g/mol. The number of benzene rings is 2. The summed E-state index contributed by atoms with van der Waals surface area (Å²) >= 11 is 0. The third-order valence-electron chi connectivity index (χ3n) is 7.07. The van der Waals surface area contributed by atoms with E-state index in [4.69, 9.17) is 9.57 Å². The van der Waals surface area contributed by atoms with Crippen LogP contribution in [-0.2, 0) is 33.9 Å². The molecule has 2 aromatic carbocycles. The van der Waals surface area contributed by atoms with Crippen molar-refractivity contribution in [3.63, 3.8) is 0 Å². The number of likely N-dealkylation sites (tertiary alicyclic amines) is 1. The van der Waals surface area contributed by atoms with E-state index in [9.17, 15) is 9.90 Å². The number of ether oxygens (including phenoxy) is 1. The molecule has 1 atom stereocenters. The highest BCUT2D eigenvalue weighted by atomic mass is 16.6. The minimum Gasteiger partial charge on any atom is -0.481 e. The van der Waals surface area contributed by atoms with E-state index in [0.29, 0.717) is 13.2 Å². The number of hydrogen-bond acceptors (Lipinski definition) is 6. The Bertz CT molecular complexity index is 1060. The van der Waals surface area contributed by atoms with E-state index in [0.717, 1.165) is 69.1 Å². The maximum atomic E-state index is 11.3. The first-order valence-corrected chi connectivity index (χ1v) is 12.6. The first kappa shape index (κ1) is 25.2. The van der Waals surface area contributed by atoms with E-state index in [-0.39, 0.29) is 5.92 Å². The Hall–Kier alpha value is -2.90. The van der Waals surface area contributed by atoms with Gasteiger partial charge in [-0.15, -0.1) is 0 Å². The van der Waals surface area contributed by atoms with Gasteiger partial charge in [-0.05, 0) is 73.2 Å². The second kappa shape index (κ2) is 11.7. The molecule has 0 amide bonds. The van der Waals surface area contributed by atoms with Crippen molar-refractivity contribution in [2.24, 2.45) is 11.1 Å². The zero-order valence-electron chi connectivity index (χ0n) is 21.1. The van der Waals surface area contributed by atoms with Gasteiger partial charge in [0.25, 0.3) is 0 Å². The average Bonchev–Trinajstić information content (AvgIpc) is 3.34. The van der Waals surface area contributed by atoms with Gasteiger partial charge >= 0.3 is 5.97 Å². The Balaban J connectivity index is 1.35. The summed E-state index contributed by atoms with van der Waals surface area (Å²) in [6, 6.07) is 12.9. The van der Waals surface area contributed by atoms with Crippen LogP contribution < -0.4 is 4.90 Å². The van der Waals surface area contributed by atoms with Crippen molar-refractivity contribution in [2.75, 3.05) is 44.3 Å². The zero-order chi connectivity index (χ0) is 24.8. The molecule has 2 fully saturated rings. The molecule has 7 heteroatoms. The summed E-state index contributed by atoms with van der Waals surface area (Å²) in [5, 5.41) is 13.6. The van der Waals surface area contributed by atoms with Gasteiger partial charge in [-0.3, -0.25) is 9.69 Å². The Labute approximate surface area is 208 Å². The second-order valence-electron chi connectivity index (χ2n) is 9.57. The largest absolute Gasteiger partial charge is 0.481 e. The van der Waals surface area contributed by atoms with Gasteiger partial charge in [0.15, 0.2) is 0 Å². The van der Waals surface area contributed by atoms with Crippen LogP contribution >= 0.6 is 0 Å². The molecule has 2 aliphatic rings. The fraction of sp³-hybridized carbons (Fsp3) is 0.500. The van der Waals surface area contributed by atoms with Crippen LogP contribution in [0, 0.1) is 12.8 Å². The lowest BCUT2D eigenvalue weighted by atomic mass is 9.99. The number of oxime groups is 1. The molecule has 0 bridgehead atoms. The molecule has 1 N–H and O–H groups in total. The highest BCUT2D eigenvalue weighted by molar-refractivity contribution is 5.98. The number of aryl methyl sites for hydroxylation is 2.